The van der Waals surface area contributed by atoms with Crippen LogP contribution in [0.2, 0.25) is 0 Å². The molecular formula is C19H25NO3. The maximum Gasteiger partial charge on any atom is 0.336 e. The number of hydrogen-bond donors (Lipinski definition) is 1. The van der Waals surface area contributed by atoms with E-state index in [4.69, 9.17) is 4.42 Å². The van der Waals surface area contributed by atoms with Crippen LogP contribution in [0.3, 0.4) is 0 Å². The lowest BCUT2D eigenvalue weighted by atomic mass is 10.0. The van der Waals surface area contributed by atoms with Crippen LogP contribution >= 0.6 is 0 Å². The first-order valence-electron chi connectivity index (χ1n) is 8.49. The normalized spacial score (nSPS) is 21.4. The van der Waals surface area contributed by atoms with E-state index >= 15 is 0 Å². The molecule has 0 amide bonds. The van der Waals surface area contributed by atoms with Crippen molar-refractivity contribution in [1.82, 2.24) is 4.90 Å². The van der Waals surface area contributed by atoms with Crippen molar-refractivity contribution in [3.63, 3.8) is 0 Å². The average molecular weight is 315 g/mol. The van der Waals surface area contributed by atoms with Gasteiger partial charge in [-0.2, -0.15) is 0 Å². The number of hydrogen-bond acceptors (Lipinski definition) is 4. The summed E-state index contributed by atoms with van der Waals surface area (Å²) in [4.78, 5) is 14.1. The SMILES string of the molecule is CCc1ccc2c(CN(C)CC3CCCC3O)cc(=O)oc2c1. The van der Waals surface area contributed by atoms with Gasteiger partial charge in [0.2, 0.25) is 0 Å². The second-order valence-corrected chi connectivity index (χ2v) is 6.73. The van der Waals surface area contributed by atoms with Crippen LogP contribution in [0.25, 0.3) is 11.0 Å². The molecule has 23 heavy (non-hydrogen) atoms. The van der Waals surface area contributed by atoms with Crippen LogP contribution < -0.4 is 5.63 Å². The Bertz CT molecular complexity index is 737. The van der Waals surface area contributed by atoms with Gasteiger partial charge in [0.1, 0.15) is 5.58 Å². The van der Waals surface area contributed by atoms with E-state index in [0.29, 0.717) is 18.0 Å². The van der Waals surface area contributed by atoms with E-state index in [2.05, 4.69) is 17.9 Å². The Morgan fingerprint density at radius 1 is 1.30 bits per heavy atom. The molecule has 1 aromatic heterocycles. The smallest absolute Gasteiger partial charge is 0.336 e. The number of fused-ring (bicyclic) bond motifs is 1. The highest BCUT2D eigenvalue weighted by atomic mass is 16.4. The summed E-state index contributed by atoms with van der Waals surface area (Å²) in [7, 11) is 2.05. The molecule has 1 fully saturated rings. The van der Waals surface area contributed by atoms with Crippen LogP contribution in [0.1, 0.15) is 37.3 Å². The molecule has 1 N–H and O–H groups in total. The molecule has 4 nitrogen and oxygen atoms in total. The van der Waals surface area contributed by atoms with Gasteiger partial charge in [0.25, 0.3) is 0 Å². The molecule has 4 heteroatoms. The maximum absolute atomic E-state index is 11.9. The Morgan fingerprint density at radius 2 is 2.13 bits per heavy atom. The van der Waals surface area contributed by atoms with Crippen molar-refractivity contribution in [3.8, 4) is 0 Å². The Labute approximate surface area is 136 Å². The average Bonchev–Trinajstić information content (AvgIpc) is 2.91. The molecule has 2 aromatic rings. The first-order valence-corrected chi connectivity index (χ1v) is 8.49. The van der Waals surface area contributed by atoms with Crippen molar-refractivity contribution in [1.29, 1.82) is 0 Å². The van der Waals surface area contributed by atoms with E-state index in [9.17, 15) is 9.90 Å². The molecule has 1 heterocycles. The zero-order valence-corrected chi connectivity index (χ0v) is 13.9. The van der Waals surface area contributed by atoms with Crippen LogP contribution in [0.4, 0.5) is 0 Å². The van der Waals surface area contributed by atoms with E-state index in [-0.39, 0.29) is 11.7 Å². The molecule has 0 aliphatic heterocycles. The van der Waals surface area contributed by atoms with Crippen molar-refractivity contribution < 1.29 is 9.52 Å². The maximum atomic E-state index is 11.9. The van der Waals surface area contributed by atoms with E-state index < -0.39 is 0 Å². The number of aryl methyl sites for hydroxylation is 1. The minimum absolute atomic E-state index is 0.179. The Kier molecular flexibility index (Phi) is 4.83. The second kappa shape index (κ2) is 6.85. The minimum atomic E-state index is -0.296. The fourth-order valence-electron chi connectivity index (χ4n) is 3.61. The van der Waals surface area contributed by atoms with Crippen molar-refractivity contribution in [3.05, 3.63) is 45.8 Å². The third kappa shape index (κ3) is 3.65. The highest BCUT2D eigenvalue weighted by molar-refractivity contribution is 5.80. The molecule has 124 valence electrons. The standard InChI is InChI=1S/C19H25NO3/c1-3-13-7-8-16-15(10-19(22)23-18(16)9-13)12-20(2)11-14-5-4-6-17(14)21/h7-10,14,17,21H,3-6,11-12H2,1-2H3. The van der Waals surface area contributed by atoms with Gasteiger partial charge in [-0.05, 0) is 49.4 Å². The van der Waals surface area contributed by atoms with E-state index in [1.165, 1.54) is 5.56 Å². The molecule has 1 aliphatic carbocycles. The summed E-state index contributed by atoms with van der Waals surface area (Å²) in [6.45, 7) is 3.64. The van der Waals surface area contributed by atoms with Gasteiger partial charge in [-0.1, -0.05) is 25.5 Å². The molecular weight excluding hydrogens is 290 g/mol. The van der Waals surface area contributed by atoms with E-state index in [1.807, 2.05) is 19.2 Å². The van der Waals surface area contributed by atoms with Gasteiger partial charge < -0.3 is 14.4 Å². The summed E-state index contributed by atoms with van der Waals surface area (Å²) >= 11 is 0. The summed E-state index contributed by atoms with van der Waals surface area (Å²) in [5.41, 5.74) is 2.53. The highest BCUT2D eigenvalue weighted by Gasteiger charge is 2.26. The van der Waals surface area contributed by atoms with Gasteiger partial charge in [-0.25, -0.2) is 4.79 Å². The van der Waals surface area contributed by atoms with Crippen molar-refractivity contribution in [2.24, 2.45) is 5.92 Å². The lowest BCUT2D eigenvalue weighted by Crippen LogP contribution is -2.29. The summed E-state index contributed by atoms with van der Waals surface area (Å²) in [5.74, 6) is 0.345. The quantitative estimate of drug-likeness (QED) is 0.862. The van der Waals surface area contributed by atoms with Crippen molar-refractivity contribution in [2.45, 2.75) is 45.3 Å². The molecule has 1 saturated carbocycles. The summed E-state index contributed by atoms with van der Waals surface area (Å²) in [6.07, 6.45) is 3.85. The first-order chi connectivity index (χ1) is 11.1. The fourth-order valence-corrected chi connectivity index (χ4v) is 3.61. The van der Waals surface area contributed by atoms with Crippen molar-refractivity contribution in [2.75, 3.05) is 13.6 Å². The van der Waals surface area contributed by atoms with Gasteiger partial charge in [0, 0.05) is 24.5 Å². The molecule has 0 radical (unpaired) electrons. The van der Waals surface area contributed by atoms with E-state index in [0.717, 1.165) is 43.2 Å². The topological polar surface area (TPSA) is 53.7 Å². The van der Waals surface area contributed by atoms with Gasteiger partial charge in [0.05, 0.1) is 6.10 Å². The zero-order valence-electron chi connectivity index (χ0n) is 13.9. The Morgan fingerprint density at radius 3 is 2.83 bits per heavy atom. The third-order valence-corrected chi connectivity index (χ3v) is 4.91. The Balaban J connectivity index is 1.82. The monoisotopic (exact) mass is 315 g/mol. The lowest BCUT2D eigenvalue weighted by molar-refractivity contribution is 0.108. The van der Waals surface area contributed by atoms with Crippen LogP contribution in [0.5, 0.6) is 0 Å². The summed E-state index contributed by atoms with van der Waals surface area (Å²) < 4.78 is 5.36. The zero-order chi connectivity index (χ0) is 16.4. The minimum Gasteiger partial charge on any atom is -0.423 e. The number of aliphatic hydroxyl groups excluding tert-OH is 1. The Hall–Kier alpha value is -1.65. The molecule has 0 spiro atoms. The van der Waals surface area contributed by atoms with Crippen LogP contribution in [0.15, 0.2) is 33.5 Å². The summed E-state index contributed by atoms with van der Waals surface area (Å²) in [5, 5.41) is 11.0. The molecule has 3 rings (SSSR count). The van der Waals surface area contributed by atoms with Gasteiger partial charge in [0.15, 0.2) is 0 Å². The third-order valence-electron chi connectivity index (χ3n) is 4.91. The predicted molar refractivity (Wildman–Crippen MR) is 91.5 cm³/mol. The molecule has 2 unspecified atom stereocenters. The van der Waals surface area contributed by atoms with Crippen LogP contribution in [0, 0.1) is 5.92 Å². The largest absolute Gasteiger partial charge is 0.423 e. The van der Waals surface area contributed by atoms with E-state index in [1.54, 1.807) is 6.07 Å². The molecule has 1 aliphatic rings. The fraction of sp³-hybridized carbons (Fsp3) is 0.526. The van der Waals surface area contributed by atoms with Crippen LogP contribution in [-0.2, 0) is 13.0 Å². The molecule has 0 bridgehead atoms. The number of aliphatic hydroxyl groups is 1. The second-order valence-electron chi connectivity index (χ2n) is 6.73. The number of benzene rings is 1. The summed E-state index contributed by atoms with van der Waals surface area (Å²) in [6, 6.07) is 7.69. The van der Waals surface area contributed by atoms with Gasteiger partial charge >= 0.3 is 5.63 Å². The number of rotatable bonds is 5. The first kappa shape index (κ1) is 16.2. The van der Waals surface area contributed by atoms with Gasteiger partial charge in [-0.3, -0.25) is 0 Å². The lowest BCUT2D eigenvalue weighted by Gasteiger charge is -2.23. The van der Waals surface area contributed by atoms with Crippen molar-refractivity contribution >= 4 is 11.0 Å². The predicted octanol–water partition coefficient (Wildman–Crippen LogP) is 2.95. The highest BCUT2D eigenvalue weighted by Crippen LogP contribution is 2.27. The van der Waals surface area contributed by atoms with Gasteiger partial charge in [-0.15, -0.1) is 0 Å². The molecule has 0 saturated heterocycles. The molecule has 2 atom stereocenters. The van der Waals surface area contributed by atoms with Crippen LogP contribution in [-0.4, -0.2) is 29.7 Å². The number of nitrogens with zero attached hydrogens (tertiary/aromatic N) is 1. The molecule has 1 aromatic carbocycles.